The number of carbonyl (C=O) groups excluding carboxylic acids is 2. The first-order valence-corrected chi connectivity index (χ1v) is 7.09. The molecule has 1 aliphatic heterocycles. The summed E-state index contributed by atoms with van der Waals surface area (Å²) in [5, 5.41) is 0. The van der Waals surface area contributed by atoms with Gasteiger partial charge in [0.25, 0.3) is 0 Å². The van der Waals surface area contributed by atoms with E-state index in [2.05, 4.69) is 20.4 Å². The van der Waals surface area contributed by atoms with Crippen LogP contribution >= 0.6 is 0 Å². The minimum atomic E-state index is -0.175. The molecule has 0 spiro atoms. The van der Waals surface area contributed by atoms with Crippen LogP contribution in [0, 0.1) is 5.41 Å². The van der Waals surface area contributed by atoms with E-state index in [0.29, 0.717) is 12.0 Å². The van der Waals surface area contributed by atoms with E-state index >= 15 is 0 Å². The molecule has 0 atom stereocenters. The summed E-state index contributed by atoms with van der Waals surface area (Å²) in [4.78, 5) is 27.2. The molecule has 0 aromatic carbocycles. The molecule has 4 heteroatoms. The molecule has 1 rings (SSSR count). The minimum absolute atomic E-state index is 0.0507. The van der Waals surface area contributed by atoms with Gasteiger partial charge in [-0.15, -0.1) is 0 Å². The Morgan fingerprint density at radius 2 is 2.00 bits per heavy atom. The molecule has 1 saturated heterocycles. The van der Waals surface area contributed by atoms with Crippen molar-refractivity contribution in [3.63, 3.8) is 0 Å². The Bertz CT molecular complexity index is 350. The topological polar surface area (TPSA) is 40.6 Å². The molecule has 0 aliphatic carbocycles. The second kappa shape index (κ2) is 6.73. The van der Waals surface area contributed by atoms with Crippen molar-refractivity contribution in [2.75, 3.05) is 26.2 Å². The first kappa shape index (κ1) is 15.7. The molecule has 19 heavy (non-hydrogen) atoms. The van der Waals surface area contributed by atoms with E-state index in [1.54, 1.807) is 0 Å². The standard InChI is InChI=1S/C15H26N2O2/c1-5-13(18)16(6-2)12-14(19)17-10-7-8-15(3,4)9-11-17/h5H,1,6-12H2,2-4H3. The van der Waals surface area contributed by atoms with Crippen LogP contribution in [0.5, 0.6) is 0 Å². The maximum atomic E-state index is 12.2. The fourth-order valence-corrected chi connectivity index (χ4v) is 2.41. The van der Waals surface area contributed by atoms with Crippen LogP contribution in [0.25, 0.3) is 0 Å². The molecule has 0 radical (unpaired) electrons. The van der Waals surface area contributed by atoms with Crippen LogP contribution in [0.3, 0.4) is 0 Å². The predicted octanol–water partition coefficient (Wildman–Crippen LogP) is 2.06. The summed E-state index contributed by atoms with van der Waals surface area (Å²) in [5.74, 6) is -0.124. The molecule has 0 N–H and O–H groups in total. The number of nitrogens with zero attached hydrogens (tertiary/aromatic N) is 2. The van der Waals surface area contributed by atoms with E-state index in [0.717, 1.165) is 32.4 Å². The van der Waals surface area contributed by atoms with Crippen LogP contribution in [0.2, 0.25) is 0 Å². The van der Waals surface area contributed by atoms with E-state index in [1.807, 2.05) is 11.8 Å². The van der Waals surface area contributed by atoms with Gasteiger partial charge in [0.05, 0.1) is 6.54 Å². The molecule has 0 bridgehead atoms. The van der Waals surface area contributed by atoms with Crippen molar-refractivity contribution < 1.29 is 9.59 Å². The van der Waals surface area contributed by atoms with Gasteiger partial charge in [-0.2, -0.15) is 0 Å². The molecule has 0 aromatic rings. The molecule has 108 valence electrons. The number of likely N-dealkylation sites (N-methyl/N-ethyl adjacent to an activating group) is 1. The number of hydrogen-bond acceptors (Lipinski definition) is 2. The quantitative estimate of drug-likeness (QED) is 0.731. The van der Waals surface area contributed by atoms with Gasteiger partial charge in [0.15, 0.2) is 0 Å². The lowest BCUT2D eigenvalue weighted by molar-refractivity contribution is -0.138. The molecule has 0 aromatic heterocycles. The fourth-order valence-electron chi connectivity index (χ4n) is 2.41. The van der Waals surface area contributed by atoms with Gasteiger partial charge < -0.3 is 9.80 Å². The SMILES string of the molecule is C=CC(=O)N(CC)CC(=O)N1CCCC(C)(C)CC1. The van der Waals surface area contributed by atoms with Crippen molar-refractivity contribution in [2.45, 2.75) is 40.0 Å². The summed E-state index contributed by atoms with van der Waals surface area (Å²) in [7, 11) is 0. The molecular weight excluding hydrogens is 240 g/mol. The summed E-state index contributed by atoms with van der Waals surface area (Å²) >= 11 is 0. The van der Waals surface area contributed by atoms with Crippen molar-refractivity contribution >= 4 is 11.8 Å². The lowest BCUT2D eigenvalue weighted by atomic mass is 9.85. The lowest BCUT2D eigenvalue weighted by Gasteiger charge is -2.26. The van der Waals surface area contributed by atoms with Gasteiger partial charge in [-0.05, 0) is 37.7 Å². The molecule has 0 saturated carbocycles. The number of likely N-dealkylation sites (tertiary alicyclic amines) is 1. The molecule has 2 amide bonds. The van der Waals surface area contributed by atoms with E-state index in [4.69, 9.17) is 0 Å². The summed E-state index contributed by atoms with van der Waals surface area (Å²) in [6, 6.07) is 0. The Balaban J connectivity index is 2.57. The number of amides is 2. The molecular formula is C15H26N2O2. The van der Waals surface area contributed by atoms with Gasteiger partial charge >= 0.3 is 0 Å². The van der Waals surface area contributed by atoms with Crippen LogP contribution in [0.4, 0.5) is 0 Å². The number of carbonyl (C=O) groups is 2. The Morgan fingerprint density at radius 1 is 1.32 bits per heavy atom. The first-order valence-electron chi connectivity index (χ1n) is 7.09. The smallest absolute Gasteiger partial charge is 0.246 e. The minimum Gasteiger partial charge on any atom is -0.341 e. The highest BCUT2D eigenvalue weighted by Gasteiger charge is 2.26. The third-order valence-electron chi connectivity index (χ3n) is 3.89. The van der Waals surface area contributed by atoms with Crippen molar-refractivity contribution in [2.24, 2.45) is 5.41 Å². The van der Waals surface area contributed by atoms with Crippen molar-refractivity contribution in [1.82, 2.24) is 9.80 Å². The fraction of sp³-hybridized carbons (Fsp3) is 0.733. The van der Waals surface area contributed by atoms with Gasteiger partial charge in [-0.3, -0.25) is 9.59 Å². The zero-order valence-electron chi connectivity index (χ0n) is 12.4. The van der Waals surface area contributed by atoms with E-state index < -0.39 is 0 Å². The summed E-state index contributed by atoms with van der Waals surface area (Å²) < 4.78 is 0. The van der Waals surface area contributed by atoms with Crippen LogP contribution in [0.1, 0.15) is 40.0 Å². The largest absolute Gasteiger partial charge is 0.341 e. The van der Waals surface area contributed by atoms with Crippen molar-refractivity contribution in [3.05, 3.63) is 12.7 Å². The summed E-state index contributed by atoms with van der Waals surface area (Å²) in [6.45, 7) is 12.2. The van der Waals surface area contributed by atoms with Gasteiger partial charge in [0, 0.05) is 19.6 Å². The molecule has 0 unspecified atom stereocenters. The second-order valence-corrected chi connectivity index (χ2v) is 5.96. The van der Waals surface area contributed by atoms with Crippen LogP contribution < -0.4 is 0 Å². The molecule has 4 nitrogen and oxygen atoms in total. The van der Waals surface area contributed by atoms with Crippen molar-refractivity contribution in [3.8, 4) is 0 Å². The highest BCUT2D eigenvalue weighted by atomic mass is 16.2. The Kier molecular flexibility index (Phi) is 5.58. The van der Waals surface area contributed by atoms with Crippen LogP contribution in [-0.2, 0) is 9.59 Å². The average Bonchev–Trinajstić information content (AvgIpc) is 2.55. The maximum Gasteiger partial charge on any atom is 0.246 e. The van der Waals surface area contributed by atoms with Gasteiger partial charge in [-0.1, -0.05) is 20.4 Å². The highest BCUT2D eigenvalue weighted by Crippen LogP contribution is 2.29. The van der Waals surface area contributed by atoms with Gasteiger partial charge in [-0.25, -0.2) is 0 Å². The van der Waals surface area contributed by atoms with Crippen LogP contribution in [-0.4, -0.2) is 47.8 Å². The second-order valence-electron chi connectivity index (χ2n) is 5.96. The summed E-state index contributed by atoms with van der Waals surface area (Å²) in [6.07, 6.45) is 4.49. The van der Waals surface area contributed by atoms with Crippen molar-refractivity contribution in [1.29, 1.82) is 0 Å². The Morgan fingerprint density at radius 3 is 2.58 bits per heavy atom. The molecule has 1 heterocycles. The number of rotatable bonds is 4. The first-order chi connectivity index (χ1) is 8.89. The zero-order chi connectivity index (χ0) is 14.5. The van der Waals surface area contributed by atoms with Crippen LogP contribution in [0.15, 0.2) is 12.7 Å². The van der Waals surface area contributed by atoms with E-state index in [-0.39, 0.29) is 18.4 Å². The Labute approximate surface area is 116 Å². The highest BCUT2D eigenvalue weighted by molar-refractivity contribution is 5.90. The monoisotopic (exact) mass is 266 g/mol. The molecule has 1 aliphatic rings. The predicted molar refractivity (Wildman–Crippen MR) is 76.7 cm³/mol. The average molecular weight is 266 g/mol. The normalized spacial score (nSPS) is 18.6. The van der Waals surface area contributed by atoms with E-state index in [9.17, 15) is 9.59 Å². The van der Waals surface area contributed by atoms with Gasteiger partial charge in [0.2, 0.25) is 11.8 Å². The maximum absolute atomic E-state index is 12.2. The van der Waals surface area contributed by atoms with Gasteiger partial charge in [0.1, 0.15) is 0 Å². The van der Waals surface area contributed by atoms with E-state index in [1.165, 1.54) is 11.0 Å². The third-order valence-corrected chi connectivity index (χ3v) is 3.89. The summed E-state index contributed by atoms with van der Waals surface area (Å²) in [5.41, 5.74) is 0.316. The Hall–Kier alpha value is -1.32. The zero-order valence-corrected chi connectivity index (χ0v) is 12.4. The number of hydrogen-bond donors (Lipinski definition) is 0. The third kappa shape index (κ3) is 4.69. The lowest BCUT2D eigenvalue weighted by Crippen LogP contribution is -2.42. The molecule has 1 fully saturated rings.